The number of thiocarbonyl (C=S) groups is 1. The second kappa shape index (κ2) is 10.7. The number of amides is 1. The van der Waals surface area contributed by atoms with E-state index >= 15 is 4.39 Å². The molecular weight excluding hydrogens is 536 g/mol. The molecule has 200 valence electrons. The number of pyridine rings is 2. The van der Waals surface area contributed by atoms with Crippen molar-refractivity contribution in [1.29, 1.82) is 5.26 Å². The van der Waals surface area contributed by atoms with Crippen molar-refractivity contribution in [3.05, 3.63) is 77.6 Å². The van der Waals surface area contributed by atoms with E-state index in [-0.39, 0.29) is 22.1 Å². The number of rotatable bonds is 6. The molecule has 1 fully saturated rings. The zero-order valence-electron chi connectivity index (χ0n) is 20.4. The van der Waals surface area contributed by atoms with E-state index in [1.165, 1.54) is 59.6 Å². The molecule has 1 aliphatic carbocycles. The van der Waals surface area contributed by atoms with E-state index in [0.717, 1.165) is 18.3 Å². The highest BCUT2D eigenvalue weighted by Gasteiger charge is 2.46. The number of aldehydes is 1. The van der Waals surface area contributed by atoms with Gasteiger partial charge in [0.05, 0.1) is 23.0 Å². The van der Waals surface area contributed by atoms with Gasteiger partial charge in [0, 0.05) is 30.8 Å². The van der Waals surface area contributed by atoms with Crippen molar-refractivity contribution >= 4 is 46.6 Å². The summed E-state index contributed by atoms with van der Waals surface area (Å²) in [7, 11) is 1.38. The number of benzene rings is 1. The van der Waals surface area contributed by atoms with Crippen molar-refractivity contribution < 1.29 is 27.2 Å². The first kappa shape index (κ1) is 27.6. The molecule has 3 aromatic rings. The fourth-order valence-electron chi connectivity index (χ4n) is 4.15. The van der Waals surface area contributed by atoms with Crippen LogP contribution in [0, 0.1) is 17.1 Å². The number of aromatic nitrogens is 2. The van der Waals surface area contributed by atoms with E-state index in [1.54, 1.807) is 0 Å². The van der Waals surface area contributed by atoms with E-state index in [9.17, 15) is 22.8 Å². The lowest BCUT2D eigenvalue weighted by atomic mass is 9.76. The molecule has 0 bridgehead atoms. The van der Waals surface area contributed by atoms with Crippen molar-refractivity contribution in [3.63, 3.8) is 0 Å². The molecule has 4 rings (SSSR count). The summed E-state index contributed by atoms with van der Waals surface area (Å²) in [5.74, 6) is -1.61. The highest BCUT2D eigenvalue weighted by Crippen LogP contribution is 2.41. The molecule has 2 heterocycles. The minimum atomic E-state index is -4.84. The van der Waals surface area contributed by atoms with Gasteiger partial charge in [-0.3, -0.25) is 9.78 Å². The minimum Gasteiger partial charge on any atom is -0.322 e. The first-order valence-corrected chi connectivity index (χ1v) is 11.9. The van der Waals surface area contributed by atoms with E-state index in [0.29, 0.717) is 31.2 Å². The molecule has 0 saturated heterocycles. The Hall–Kier alpha value is -4.44. The molecule has 1 aliphatic rings. The quantitative estimate of drug-likeness (QED) is 0.254. The van der Waals surface area contributed by atoms with Gasteiger partial charge < -0.3 is 19.9 Å². The average molecular weight is 557 g/mol. The van der Waals surface area contributed by atoms with E-state index in [1.807, 2.05) is 0 Å². The summed E-state index contributed by atoms with van der Waals surface area (Å²) in [6.07, 6.45) is 1.23. The second-order valence-corrected chi connectivity index (χ2v) is 9.17. The number of anilines is 3. The predicted molar refractivity (Wildman–Crippen MR) is 139 cm³/mol. The fourth-order valence-corrected chi connectivity index (χ4v) is 4.55. The maximum absolute atomic E-state index is 15.2. The first-order valence-electron chi connectivity index (χ1n) is 11.5. The molecular formula is C26H20F4N6O2S. The first-order chi connectivity index (χ1) is 18.5. The van der Waals surface area contributed by atoms with Gasteiger partial charge in [0.15, 0.2) is 10.8 Å². The van der Waals surface area contributed by atoms with Crippen LogP contribution in [-0.4, -0.2) is 39.9 Å². The van der Waals surface area contributed by atoms with Crippen LogP contribution in [0.4, 0.5) is 34.6 Å². The number of nitrogens with zero attached hydrogens (tertiary/aromatic N) is 5. The van der Waals surface area contributed by atoms with E-state index in [4.69, 9.17) is 17.5 Å². The van der Waals surface area contributed by atoms with Gasteiger partial charge in [-0.05, 0) is 67.9 Å². The van der Waals surface area contributed by atoms with E-state index < -0.39 is 34.7 Å². The lowest BCUT2D eigenvalue weighted by Gasteiger charge is -2.48. The van der Waals surface area contributed by atoms with Gasteiger partial charge in [-0.15, -0.1) is 0 Å². The molecule has 0 spiro atoms. The lowest BCUT2D eigenvalue weighted by Crippen LogP contribution is -2.60. The number of nitriles is 1. The van der Waals surface area contributed by atoms with Crippen LogP contribution in [-0.2, 0) is 11.0 Å². The number of hydrogen-bond donors (Lipinski definition) is 1. The van der Waals surface area contributed by atoms with Crippen LogP contribution in [0.2, 0.25) is 0 Å². The smallest absolute Gasteiger partial charge is 0.322 e. The third kappa shape index (κ3) is 5.42. The highest BCUT2D eigenvalue weighted by molar-refractivity contribution is 7.80. The Bertz CT molecular complexity index is 1470. The van der Waals surface area contributed by atoms with Gasteiger partial charge in [-0.1, -0.05) is 0 Å². The van der Waals surface area contributed by atoms with Crippen molar-refractivity contribution in [1.82, 2.24) is 9.97 Å². The van der Waals surface area contributed by atoms with Gasteiger partial charge >= 0.3 is 6.18 Å². The Morgan fingerprint density at radius 1 is 1.18 bits per heavy atom. The molecule has 0 atom stereocenters. The molecule has 0 unspecified atom stereocenters. The molecule has 8 nitrogen and oxygen atoms in total. The lowest BCUT2D eigenvalue weighted by molar-refractivity contribution is -0.138. The number of nitrogens with one attached hydrogen (secondary N) is 1. The van der Waals surface area contributed by atoms with Gasteiger partial charge in [0.2, 0.25) is 0 Å². The number of halogens is 4. The minimum absolute atomic E-state index is 0.0921. The largest absolute Gasteiger partial charge is 0.419 e. The SMILES string of the molecule is CN(C(=S)N(c1ccc(C(=O)Nc2ccncc2)c(F)c1)C1(C=O)CCC1)c1cnc(C#N)c(C(F)(F)F)c1. The van der Waals surface area contributed by atoms with Crippen LogP contribution in [0.5, 0.6) is 0 Å². The Morgan fingerprint density at radius 3 is 2.41 bits per heavy atom. The summed E-state index contributed by atoms with van der Waals surface area (Å²) in [6, 6.07) is 8.91. The number of hydrogen-bond acceptors (Lipinski definition) is 6. The molecule has 0 aliphatic heterocycles. The zero-order chi connectivity index (χ0) is 28.4. The Kier molecular flexibility index (Phi) is 7.60. The number of carbonyl (C=O) groups is 2. The van der Waals surface area contributed by atoms with Crippen LogP contribution in [0.15, 0.2) is 55.0 Å². The molecule has 1 aromatic carbocycles. The maximum Gasteiger partial charge on any atom is 0.419 e. The molecule has 1 saturated carbocycles. The number of carbonyl (C=O) groups excluding carboxylic acids is 2. The summed E-state index contributed by atoms with van der Waals surface area (Å²) < 4.78 is 55.8. The fraction of sp³-hybridized carbons (Fsp3) is 0.231. The summed E-state index contributed by atoms with van der Waals surface area (Å²) in [5.41, 5.74) is -3.02. The van der Waals surface area contributed by atoms with Crippen LogP contribution in [0.3, 0.4) is 0 Å². The third-order valence-electron chi connectivity index (χ3n) is 6.43. The molecule has 1 N–H and O–H groups in total. The standard InChI is InChI=1S/C26H20F4N6O2S/c1-35(18-11-20(26(28,29)30)22(13-31)33-14-18)24(39)36(25(15-37)7-2-8-25)17-3-4-19(21(27)12-17)23(38)34-16-5-9-32-10-6-16/h3-6,9-12,14-15H,2,7-8H2,1H3,(H,32,34,38). The van der Waals surface area contributed by atoms with E-state index in [2.05, 4.69) is 15.3 Å². The second-order valence-electron chi connectivity index (χ2n) is 8.81. The maximum atomic E-state index is 15.2. The molecule has 0 radical (unpaired) electrons. The Balaban J connectivity index is 1.70. The zero-order valence-corrected chi connectivity index (χ0v) is 21.2. The highest BCUT2D eigenvalue weighted by atomic mass is 32.1. The monoisotopic (exact) mass is 556 g/mol. The molecule has 13 heteroatoms. The van der Waals surface area contributed by atoms with Crippen molar-refractivity contribution in [2.45, 2.75) is 31.0 Å². The van der Waals surface area contributed by atoms with Crippen molar-refractivity contribution in [2.75, 3.05) is 22.2 Å². The van der Waals surface area contributed by atoms with Crippen LogP contribution < -0.4 is 15.1 Å². The summed E-state index contributed by atoms with van der Waals surface area (Å²) in [5, 5.41) is 11.5. The summed E-state index contributed by atoms with van der Waals surface area (Å²) in [6.45, 7) is 0. The van der Waals surface area contributed by atoms with Gasteiger partial charge in [0.1, 0.15) is 23.7 Å². The predicted octanol–water partition coefficient (Wildman–Crippen LogP) is 5.11. The Morgan fingerprint density at radius 2 is 1.87 bits per heavy atom. The molecule has 2 aromatic heterocycles. The van der Waals surface area contributed by atoms with Gasteiger partial charge in [-0.25, -0.2) is 9.37 Å². The van der Waals surface area contributed by atoms with Crippen LogP contribution >= 0.6 is 12.2 Å². The van der Waals surface area contributed by atoms with Crippen molar-refractivity contribution in [2.24, 2.45) is 0 Å². The summed E-state index contributed by atoms with van der Waals surface area (Å²) in [4.78, 5) is 34.9. The normalized spacial score (nSPS) is 13.9. The third-order valence-corrected chi connectivity index (χ3v) is 6.88. The number of alkyl halides is 3. The van der Waals surface area contributed by atoms with Crippen LogP contribution in [0.25, 0.3) is 0 Å². The average Bonchev–Trinajstić information content (AvgIpc) is 2.89. The van der Waals surface area contributed by atoms with Crippen LogP contribution in [0.1, 0.15) is 40.9 Å². The molecule has 39 heavy (non-hydrogen) atoms. The summed E-state index contributed by atoms with van der Waals surface area (Å²) >= 11 is 5.60. The van der Waals surface area contributed by atoms with Crippen molar-refractivity contribution in [3.8, 4) is 6.07 Å². The van der Waals surface area contributed by atoms with Gasteiger partial charge in [0.25, 0.3) is 5.91 Å². The van der Waals surface area contributed by atoms with Gasteiger partial charge in [-0.2, -0.15) is 18.4 Å². The Labute approximate surface area is 225 Å². The molecule has 1 amide bonds. The topological polar surface area (TPSA) is 102 Å².